The number of nitrogens with zero attached hydrogens (tertiary/aromatic N) is 1. The first-order valence-electron chi connectivity index (χ1n) is 10.7. The summed E-state index contributed by atoms with van der Waals surface area (Å²) in [6.07, 6.45) is 0.305. The average Bonchev–Trinajstić information content (AvgIpc) is 3.03. The number of amides is 3. The molecule has 1 N–H and O–H groups in total. The predicted molar refractivity (Wildman–Crippen MR) is 119 cm³/mol. The van der Waals surface area contributed by atoms with E-state index >= 15 is 0 Å². The van der Waals surface area contributed by atoms with Crippen LogP contribution in [0.1, 0.15) is 47.1 Å². The van der Waals surface area contributed by atoms with Gasteiger partial charge in [-0.3, -0.25) is 24.1 Å². The molecule has 3 rings (SSSR count). The molecule has 33 heavy (non-hydrogen) atoms. The minimum atomic E-state index is -1.18. The van der Waals surface area contributed by atoms with Crippen molar-refractivity contribution in [3.8, 4) is 0 Å². The minimum Gasteiger partial charge on any atom is -0.454 e. The molecule has 0 saturated heterocycles. The molecule has 1 aliphatic heterocycles. The number of hydrogen-bond acceptors (Lipinski definition) is 6. The zero-order valence-corrected chi connectivity index (χ0v) is 18.7. The lowest BCUT2D eigenvalue weighted by Crippen LogP contribution is -2.49. The molecule has 0 radical (unpaired) electrons. The zero-order valence-electron chi connectivity index (χ0n) is 18.7. The van der Waals surface area contributed by atoms with Gasteiger partial charge in [0, 0.05) is 0 Å². The molecule has 0 fully saturated rings. The second-order valence-electron chi connectivity index (χ2n) is 8.24. The van der Waals surface area contributed by atoms with Gasteiger partial charge in [-0.05, 0) is 37.0 Å². The van der Waals surface area contributed by atoms with E-state index in [4.69, 9.17) is 4.74 Å². The van der Waals surface area contributed by atoms with E-state index in [1.807, 2.05) is 30.3 Å². The highest BCUT2D eigenvalue weighted by atomic mass is 16.5. The third-order valence-electron chi connectivity index (χ3n) is 5.43. The smallest absolute Gasteiger partial charge is 0.330 e. The van der Waals surface area contributed by atoms with Gasteiger partial charge in [0.25, 0.3) is 17.7 Å². The highest BCUT2D eigenvalue weighted by Gasteiger charge is 2.44. The molecule has 0 aliphatic carbocycles. The zero-order chi connectivity index (χ0) is 24.1. The summed E-state index contributed by atoms with van der Waals surface area (Å²) < 4.78 is 5.16. The maximum absolute atomic E-state index is 12.8. The number of carbonyl (C=O) groups is 5. The SMILES string of the molecule is CC(=O)[C@H](Cc1ccccc1)NC(=O)COC(=O)[C@H](C(C)C)N1C(=O)c2ccccc2C1=O. The first-order valence-corrected chi connectivity index (χ1v) is 10.7. The first-order chi connectivity index (χ1) is 15.7. The Hall–Kier alpha value is -3.81. The van der Waals surface area contributed by atoms with Crippen molar-refractivity contribution >= 4 is 29.5 Å². The van der Waals surface area contributed by atoms with Crippen molar-refractivity contribution in [2.45, 2.75) is 39.3 Å². The highest BCUT2D eigenvalue weighted by Crippen LogP contribution is 2.27. The summed E-state index contributed by atoms with van der Waals surface area (Å²) in [5.74, 6) is -3.33. The number of carbonyl (C=O) groups excluding carboxylic acids is 5. The lowest BCUT2D eigenvalue weighted by atomic mass is 10.0. The number of hydrogen-bond donors (Lipinski definition) is 1. The van der Waals surface area contributed by atoms with E-state index < -0.39 is 48.3 Å². The summed E-state index contributed by atoms with van der Waals surface area (Å²) in [5.41, 5.74) is 1.33. The number of rotatable bonds is 9. The van der Waals surface area contributed by atoms with Gasteiger partial charge in [-0.2, -0.15) is 0 Å². The Morgan fingerprint density at radius 2 is 1.45 bits per heavy atom. The Balaban J connectivity index is 1.64. The molecule has 1 heterocycles. The van der Waals surface area contributed by atoms with Gasteiger partial charge in [-0.1, -0.05) is 56.3 Å². The van der Waals surface area contributed by atoms with Crippen LogP contribution in [0.2, 0.25) is 0 Å². The van der Waals surface area contributed by atoms with Gasteiger partial charge >= 0.3 is 5.97 Å². The molecular formula is C25H26N2O6. The van der Waals surface area contributed by atoms with Crippen LogP contribution in [0.3, 0.4) is 0 Å². The third kappa shape index (κ3) is 5.34. The minimum absolute atomic E-state index is 0.226. The molecule has 172 valence electrons. The Labute approximate surface area is 191 Å². The first kappa shape index (κ1) is 23.8. The fourth-order valence-electron chi connectivity index (χ4n) is 3.74. The molecule has 2 atom stereocenters. The number of benzene rings is 2. The van der Waals surface area contributed by atoms with Crippen LogP contribution in [-0.2, 0) is 25.5 Å². The molecule has 0 bridgehead atoms. The standard InChI is InChI=1S/C25H26N2O6/c1-15(2)22(27-23(30)18-11-7-8-12-19(18)24(27)31)25(32)33-14-21(29)26-20(16(3)28)13-17-9-5-4-6-10-17/h4-12,15,20,22H,13-14H2,1-3H3,(H,26,29)/t20-,22-/m0/s1. The molecule has 0 saturated carbocycles. The number of esters is 1. The number of fused-ring (bicyclic) bond motifs is 1. The molecule has 0 spiro atoms. The Morgan fingerprint density at radius 3 is 1.97 bits per heavy atom. The van der Waals surface area contributed by atoms with Crippen LogP contribution in [0.25, 0.3) is 0 Å². The largest absolute Gasteiger partial charge is 0.454 e. The molecule has 0 unspecified atom stereocenters. The summed E-state index contributed by atoms with van der Waals surface area (Å²) in [7, 11) is 0. The van der Waals surface area contributed by atoms with Gasteiger partial charge in [0.2, 0.25) is 0 Å². The van der Waals surface area contributed by atoms with Gasteiger partial charge in [0.05, 0.1) is 17.2 Å². The fraction of sp³-hybridized carbons (Fsp3) is 0.320. The van der Waals surface area contributed by atoms with E-state index in [1.54, 1.807) is 26.0 Å². The van der Waals surface area contributed by atoms with E-state index in [9.17, 15) is 24.0 Å². The average molecular weight is 450 g/mol. The van der Waals surface area contributed by atoms with Crippen LogP contribution in [0.4, 0.5) is 0 Å². The van der Waals surface area contributed by atoms with Gasteiger partial charge in [-0.15, -0.1) is 0 Å². The number of Topliss-reactive ketones (excluding diaryl/α,β-unsaturated/α-hetero) is 1. The lowest BCUT2D eigenvalue weighted by molar-refractivity contribution is -0.153. The van der Waals surface area contributed by atoms with Crippen LogP contribution in [0, 0.1) is 5.92 Å². The molecule has 2 aromatic rings. The molecule has 8 nitrogen and oxygen atoms in total. The molecule has 1 aliphatic rings. The second kappa shape index (κ2) is 10.2. The predicted octanol–water partition coefficient (Wildman–Crippen LogP) is 2.17. The topological polar surface area (TPSA) is 110 Å². The summed E-state index contributed by atoms with van der Waals surface area (Å²) in [6, 6.07) is 13.6. The molecule has 2 aromatic carbocycles. The van der Waals surface area contributed by atoms with Crippen molar-refractivity contribution in [3.63, 3.8) is 0 Å². The normalized spacial score (nSPS) is 14.6. The van der Waals surface area contributed by atoms with Crippen molar-refractivity contribution in [2.24, 2.45) is 5.92 Å². The van der Waals surface area contributed by atoms with Crippen LogP contribution >= 0.6 is 0 Å². The maximum atomic E-state index is 12.8. The van der Waals surface area contributed by atoms with Crippen molar-refractivity contribution in [2.75, 3.05) is 6.61 Å². The van der Waals surface area contributed by atoms with Crippen molar-refractivity contribution < 1.29 is 28.7 Å². The van der Waals surface area contributed by atoms with Gasteiger partial charge < -0.3 is 10.1 Å². The van der Waals surface area contributed by atoms with E-state index in [1.165, 1.54) is 19.1 Å². The maximum Gasteiger partial charge on any atom is 0.330 e. The van der Waals surface area contributed by atoms with E-state index in [2.05, 4.69) is 5.32 Å². The van der Waals surface area contributed by atoms with Crippen LogP contribution in [-0.4, -0.2) is 53.1 Å². The van der Waals surface area contributed by atoms with Gasteiger partial charge in [0.15, 0.2) is 12.4 Å². The molecule has 0 aromatic heterocycles. The highest BCUT2D eigenvalue weighted by molar-refractivity contribution is 6.22. The Morgan fingerprint density at radius 1 is 0.909 bits per heavy atom. The fourth-order valence-corrected chi connectivity index (χ4v) is 3.74. The molecular weight excluding hydrogens is 424 g/mol. The van der Waals surface area contributed by atoms with Gasteiger partial charge in [-0.25, -0.2) is 4.79 Å². The monoisotopic (exact) mass is 450 g/mol. The Bertz CT molecular complexity index is 1040. The van der Waals surface area contributed by atoms with Crippen molar-refractivity contribution in [3.05, 3.63) is 71.3 Å². The third-order valence-corrected chi connectivity index (χ3v) is 5.43. The van der Waals surface area contributed by atoms with E-state index in [0.717, 1.165) is 10.5 Å². The van der Waals surface area contributed by atoms with E-state index in [0.29, 0.717) is 6.42 Å². The quantitative estimate of drug-likeness (QED) is 0.463. The van der Waals surface area contributed by atoms with E-state index in [-0.39, 0.29) is 16.9 Å². The number of ether oxygens (including phenoxy) is 1. The number of ketones is 1. The van der Waals surface area contributed by atoms with Crippen molar-refractivity contribution in [1.29, 1.82) is 0 Å². The molecule has 8 heteroatoms. The summed E-state index contributed by atoms with van der Waals surface area (Å²) in [5, 5.41) is 2.58. The van der Waals surface area contributed by atoms with Crippen LogP contribution in [0.15, 0.2) is 54.6 Å². The second-order valence-corrected chi connectivity index (χ2v) is 8.24. The molecule has 3 amide bonds. The Kier molecular flexibility index (Phi) is 7.37. The van der Waals surface area contributed by atoms with Gasteiger partial charge in [0.1, 0.15) is 6.04 Å². The van der Waals surface area contributed by atoms with Crippen LogP contribution < -0.4 is 5.32 Å². The number of imide groups is 1. The summed E-state index contributed by atoms with van der Waals surface area (Å²) >= 11 is 0. The van der Waals surface area contributed by atoms with Crippen LogP contribution in [0.5, 0.6) is 0 Å². The summed E-state index contributed by atoms with van der Waals surface area (Å²) in [6.45, 7) is 4.10. The van der Waals surface area contributed by atoms with Crippen molar-refractivity contribution in [1.82, 2.24) is 10.2 Å². The lowest BCUT2D eigenvalue weighted by Gasteiger charge is -2.27. The number of nitrogens with one attached hydrogen (secondary N) is 1. The summed E-state index contributed by atoms with van der Waals surface area (Å²) in [4.78, 5) is 63.6.